The van der Waals surface area contributed by atoms with Crippen LogP contribution in [-0.4, -0.2) is 52.5 Å². The van der Waals surface area contributed by atoms with Crippen molar-refractivity contribution in [1.29, 1.82) is 0 Å². The van der Waals surface area contributed by atoms with Gasteiger partial charge in [-0.1, -0.05) is 24.3 Å². The molecule has 0 saturated carbocycles. The molecule has 1 saturated heterocycles. The highest BCUT2D eigenvalue weighted by atomic mass is 127. The molecular formula is C25H36IN3O3. The number of benzene rings is 2. The lowest BCUT2D eigenvalue weighted by atomic mass is 9.74. The fraction of sp³-hybridized carbons (Fsp3) is 0.480. The maximum atomic E-state index is 6.02. The number of aryl methyl sites for hydroxylation is 1. The van der Waals surface area contributed by atoms with Crippen LogP contribution in [0.3, 0.4) is 0 Å². The van der Waals surface area contributed by atoms with E-state index in [1.807, 2.05) is 30.3 Å². The monoisotopic (exact) mass is 553 g/mol. The molecule has 0 spiro atoms. The van der Waals surface area contributed by atoms with E-state index in [-0.39, 0.29) is 35.5 Å². The van der Waals surface area contributed by atoms with Gasteiger partial charge in [0.2, 0.25) is 0 Å². The van der Waals surface area contributed by atoms with Gasteiger partial charge in [-0.2, -0.15) is 0 Å². The Labute approximate surface area is 209 Å². The second-order valence-electron chi connectivity index (χ2n) is 8.17. The summed E-state index contributed by atoms with van der Waals surface area (Å²) in [5, 5.41) is 6.93. The zero-order chi connectivity index (χ0) is 22.1. The van der Waals surface area contributed by atoms with E-state index in [1.165, 1.54) is 11.1 Å². The van der Waals surface area contributed by atoms with Gasteiger partial charge in [0.25, 0.3) is 0 Å². The summed E-state index contributed by atoms with van der Waals surface area (Å²) in [5.74, 6) is 2.54. The highest BCUT2D eigenvalue weighted by molar-refractivity contribution is 14.0. The van der Waals surface area contributed by atoms with Gasteiger partial charge in [-0.05, 0) is 62.1 Å². The maximum absolute atomic E-state index is 6.02. The highest BCUT2D eigenvalue weighted by Gasteiger charge is 2.34. The second-order valence-corrected chi connectivity index (χ2v) is 8.17. The summed E-state index contributed by atoms with van der Waals surface area (Å²) in [5.41, 5.74) is 2.50. The molecule has 6 nitrogen and oxygen atoms in total. The Morgan fingerprint density at radius 3 is 2.44 bits per heavy atom. The van der Waals surface area contributed by atoms with Crippen LogP contribution in [0.15, 0.2) is 53.5 Å². The number of hydrogen-bond acceptors (Lipinski definition) is 4. The minimum absolute atomic E-state index is 0. The van der Waals surface area contributed by atoms with Crippen LogP contribution in [0, 0.1) is 6.92 Å². The molecule has 176 valence electrons. The number of halogens is 1. The van der Waals surface area contributed by atoms with Crippen molar-refractivity contribution in [2.75, 3.05) is 40.5 Å². The van der Waals surface area contributed by atoms with Crippen molar-refractivity contribution in [2.24, 2.45) is 4.99 Å². The average molecular weight is 553 g/mol. The van der Waals surface area contributed by atoms with Crippen LogP contribution in [0.5, 0.6) is 11.5 Å². The van der Waals surface area contributed by atoms with Crippen LogP contribution in [0.4, 0.5) is 0 Å². The van der Waals surface area contributed by atoms with Gasteiger partial charge in [0, 0.05) is 32.2 Å². The third-order valence-corrected chi connectivity index (χ3v) is 5.85. The zero-order valence-electron chi connectivity index (χ0n) is 19.5. The first-order valence-electron chi connectivity index (χ1n) is 10.9. The topological polar surface area (TPSA) is 64.1 Å². The third kappa shape index (κ3) is 7.27. The molecule has 1 aliphatic heterocycles. The molecular weight excluding hydrogens is 517 g/mol. The lowest BCUT2D eigenvalue weighted by Crippen LogP contribution is -2.49. The number of nitrogens with zero attached hydrogens (tertiary/aromatic N) is 1. The average Bonchev–Trinajstić information content (AvgIpc) is 2.80. The summed E-state index contributed by atoms with van der Waals surface area (Å²) in [7, 11) is 3.49. The summed E-state index contributed by atoms with van der Waals surface area (Å²) in [6.45, 7) is 7.10. The Hall–Kier alpha value is -2.00. The molecule has 3 rings (SSSR count). The van der Waals surface area contributed by atoms with E-state index in [1.54, 1.807) is 14.2 Å². The quantitative estimate of drug-likeness (QED) is 0.290. The largest absolute Gasteiger partial charge is 0.497 e. The number of aliphatic imine (C=N–C) groups is 1. The standard InChI is InChI=1S/C25H35N3O3.HI/c1-19-6-5-7-23(16-19)31-20(2)17-27-24(26-3)28-18-25(12-14-30-15-13-25)21-8-10-22(29-4)11-9-21;/h5-11,16,20H,12-15,17-18H2,1-4H3,(H2,26,27,28);1H. The number of guanidine groups is 1. The summed E-state index contributed by atoms with van der Waals surface area (Å²) in [4.78, 5) is 4.41. The summed E-state index contributed by atoms with van der Waals surface area (Å²) < 4.78 is 17.0. The molecule has 7 heteroatoms. The van der Waals surface area contributed by atoms with Gasteiger partial charge in [0.15, 0.2) is 5.96 Å². The van der Waals surface area contributed by atoms with Crippen LogP contribution >= 0.6 is 24.0 Å². The predicted molar refractivity (Wildman–Crippen MR) is 141 cm³/mol. The Morgan fingerprint density at radius 2 is 1.81 bits per heavy atom. The van der Waals surface area contributed by atoms with E-state index >= 15 is 0 Å². The number of hydrogen-bond donors (Lipinski definition) is 2. The summed E-state index contributed by atoms with van der Waals surface area (Å²) >= 11 is 0. The van der Waals surface area contributed by atoms with Crippen molar-refractivity contribution in [1.82, 2.24) is 10.6 Å². The van der Waals surface area contributed by atoms with Gasteiger partial charge in [-0.3, -0.25) is 4.99 Å². The van der Waals surface area contributed by atoms with Crippen molar-refractivity contribution in [3.8, 4) is 11.5 Å². The Morgan fingerprint density at radius 1 is 1.09 bits per heavy atom. The summed E-state index contributed by atoms with van der Waals surface area (Å²) in [6, 6.07) is 16.5. The second kappa shape index (κ2) is 12.9. The molecule has 1 atom stereocenters. The summed E-state index contributed by atoms with van der Waals surface area (Å²) in [6.07, 6.45) is 1.95. The van der Waals surface area contributed by atoms with E-state index in [0.717, 1.165) is 50.1 Å². The number of rotatable bonds is 8. The first-order valence-corrected chi connectivity index (χ1v) is 10.9. The van der Waals surface area contributed by atoms with E-state index < -0.39 is 0 Å². The molecule has 1 fully saturated rings. The maximum Gasteiger partial charge on any atom is 0.191 e. The van der Waals surface area contributed by atoms with Crippen LogP contribution < -0.4 is 20.1 Å². The van der Waals surface area contributed by atoms with Gasteiger partial charge in [0.05, 0.1) is 13.7 Å². The molecule has 1 heterocycles. The predicted octanol–water partition coefficient (Wildman–Crippen LogP) is 4.30. The molecule has 0 radical (unpaired) electrons. The van der Waals surface area contributed by atoms with Gasteiger partial charge in [-0.25, -0.2) is 0 Å². The van der Waals surface area contributed by atoms with Crippen LogP contribution in [-0.2, 0) is 10.2 Å². The zero-order valence-corrected chi connectivity index (χ0v) is 21.8. The lowest BCUT2D eigenvalue weighted by molar-refractivity contribution is 0.0513. The first kappa shape index (κ1) is 26.3. The van der Waals surface area contributed by atoms with Crippen molar-refractivity contribution in [2.45, 2.75) is 38.2 Å². The molecule has 32 heavy (non-hydrogen) atoms. The number of ether oxygens (including phenoxy) is 3. The Bertz CT molecular complexity index is 852. The minimum atomic E-state index is 0. The molecule has 0 aliphatic carbocycles. The number of nitrogens with one attached hydrogen (secondary N) is 2. The fourth-order valence-corrected chi connectivity index (χ4v) is 3.95. The van der Waals surface area contributed by atoms with Gasteiger partial charge < -0.3 is 24.8 Å². The van der Waals surface area contributed by atoms with E-state index in [9.17, 15) is 0 Å². The van der Waals surface area contributed by atoms with Gasteiger partial charge in [-0.15, -0.1) is 24.0 Å². The van der Waals surface area contributed by atoms with Crippen molar-refractivity contribution >= 4 is 29.9 Å². The SMILES string of the molecule is CN=C(NCC(C)Oc1cccc(C)c1)NCC1(c2ccc(OC)cc2)CCOCC1.I. The molecule has 0 aromatic heterocycles. The molecule has 1 aliphatic rings. The van der Waals surface area contributed by atoms with E-state index in [0.29, 0.717) is 6.54 Å². The van der Waals surface area contributed by atoms with Crippen molar-refractivity contribution in [3.05, 3.63) is 59.7 Å². The number of methoxy groups -OCH3 is 1. The van der Waals surface area contributed by atoms with Crippen LogP contribution in [0.25, 0.3) is 0 Å². The third-order valence-electron chi connectivity index (χ3n) is 5.85. The molecule has 2 N–H and O–H groups in total. The Balaban J connectivity index is 0.00000363. The Kier molecular flexibility index (Phi) is 10.6. The highest BCUT2D eigenvalue weighted by Crippen LogP contribution is 2.35. The molecule has 0 bridgehead atoms. The van der Waals surface area contributed by atoms with Gasteiger partial charge in [0.1, 0.15) is 17.6 Å². The van der Waals surface area contributed by atoms with Crippen molar-refractivity contribution < 1.29 is 14.2 Å². The molecule has 0 amide bonds. The fourth-order valence-electron chi connectivity index (χ4n) is 3.95. The molecule has 1 unspecified atom stereocenters. The first-order chi connectivity index (χ1) is 15.0. The lowest BCUT2D eigenvalue weighted by Gasteiger charge is -2.38. The smallest absolute Gasteiger partial charge is 0.191 e. The van der Waals surface area contributed by atoms with Gasteiger partial charge >= 0.3 is 0 Å². The molecule has 2 aromatic carbocycles. The van der Waals surface area contributed by atoms with Crippen LogP contribution in [0.1, 0.15) is 30.9 Å². The van der Waals surface area contributed by atoms with Crippen LogP contribution in [0.2, 0.25) is 0 Å². The van der Waals surface area contributed by atoms with E-state index in [4.69, 9.17) is 14.2 Å². The normalized spacial score (nSPS) is 16.4. The minimum Gasteiger partial charge on any atom is -0.497 e. The van der Waals surface area contributed by atoms with Crippen molar-refractivity contribution in [3.63, 3.8) is 0 Å². The molecule has 2 aromatic rings. The van der Waals surface area contributed by atoms with E-state index in [2.05, 4.69) is 47.7 Å².